The molecule has 0 atom stereocenters. The normalized spacial score (nSPS) is 10.7. The standard InChI is InChI=1S/C15H10N6OS2/c22-14(12-7-24-15(20-12)10-3-4-23-6-10)19-11-1-2-13(17-5-11)21-9-16-8-18-21/h1-9H,(H,19,22). The largest absolute Gasteiger partial charge is 0.319 e. The van der Waals surface area contributed by atoms with E-state index in [1.54, 1.807) is 46.1 Å². The number of nitrogens with zero attached hydrogens (tertiary/aromatic N) is 5. The van der Waals surface area contributed by atoms with Gasteiger partial charge in [-0.15, -0.1) is 11.3 Å². The van der Waals surface area contributed by atoms with Gasteiger partial charge in [0.2, 0.25) is 0 Å². The lowest BCUT2D eigenvalue weighted by Gasteiger charge is -2.04. The Bertz CT molecular complexity index is 944. The minimum absolute atomic E-state index is 0.261. The van der Waals surface area contributed by atoms with Crippen LogP contribution < -0.4 is 5.32 Å². The molecule has 0 fully saturated rings. The van der Waals surface area contributed by atoms with Gasteiger partial charge in [0.05, 0.1) is 11.9 Å². The molecule has 0 aromatic carbocycles. The zero-order valence-corrected chi connectivity index (χ0v) is 13.8. The number of nitrogens with one attached hydrogen (secondary N) is 1. The molecule has 0 aliphatic rings. The summed E-state index contributed by atoms with van der Waals surface area (Å²) >= 11 is 3.05. The molecule has 0 radical (unpaired) electrons. The number of carbonyl (C=O) groups excluding carboxylic acids is 1. The quantitative estimate of drug-likeness (QED) is 0.609. The molecule has 4 heterocycles. The molecule has 0 aliphatic heterocycles. The Balaban J connectivity index is 1.48. The summed E-state index contributed by atoms with van der Waals surface area (Å²) in [6.07, 6.45) is 4.56. The first-order valence-corrected chi connectivity index (χ1v) is 8.72. The van der Waals surface area contributed by atoms with Crippen molar-refractivity contribution in [2.45, 2.75) is 0 Å². The average Bonchev–Trinajstić information content (AvgIpc) is 3.35. The van der Waals surface area contributed by atoms with Crippen LogP contribution in [-0.4, -0.2) is 30.6 Å². The van der Waals surface area contributed by atoms with E-state index in [1.165, 1.54) is 17.7 Å². The molecule has 4 aromatic rings. The van der Waals surface area contributed by atoms with Crippen molar-refractivity contribution in [3.05, 3.63) is 58.9 Å². The lowest BCUT2D eigenvalue weighted by molar-refractivity contribution is 0.102. The van der Waals surface area contributed by atoms with E-state index in [1.807, 2.05) is 16.8 Å². The molecule has 0 unspecified atom stereocenters. The van der Waals surface area contributed by atoms with Crippen LogP contribution in [0.1, 0.15) is 10.5 Å². The van der Waals surface area contributed by atoms with Crippen molar-refractivity contribution < 1.29 is 4.79 Å². The first-order chi connectivity index (χ1) is 11.8. The lowest BCUT2D eigenvalue weighted by atomic mass is 10.3. The smallest absolute Gasteiger partial charge is 0.275 e. The van der Waals surface area contributed by atoms with Gasteiger partial charge in [-0.05, 0) is 23.6 Å². The molecule has 7 nitrogen and oxygen atoms in total. The van der Waals surface area contributed by atoms with Crippen molar-refractivity contribution in [2.24, 2.45) is 0 Å². The molecule has 1 N–H and O–H groups in total. The highest BCUT2D eigenvalue weighted by molar-refractivity contribution is 7.14. The van der Waals surface area contributed by atoms with Gasteiger partial charge < -0.3 is 5.32 Å². The third-order valence-electron chi connectivity index (χ3n) is 3.16. The monoisotopic (exact) mass is 354 g/mol. The average molecular weight is 354 g/mol. The predicted octanol–water partition coefficient (Wildman–Crippen LogP) is 3.10. The van der Waals surface area contributed by atoms with Gasteiger partial charge in [-0.3, -0.25) is 4.79 Å². The Hall–Kier alpha value is -2.91. The Morgan fingerprint density at radius 1 is 1.21 bits per heavy atom. The van der Waals surface area contributed by atoms with Crippen molar-refractivity contribution in [1.82, 2.24) is 24.7 Å². The fourth-order valence-electron chi connectivity index (χ4n) is 2.01. The summed E-state index contributed by atoms with van der Waals surface area (Å²) in [5.41, 5.74) is 2.01. The second kappa shape index (κ2) is 6.30. The van der Waals surface area contributed by atoms with Gasteiger partial charge in [-0.2, -0.15) is 16.4 Å². The number of amides is 1. The van der Waals surface area contributed by atoms with Crippen molar-refractivity contribution in [3.63, 3.8) is 0 Å². The molecule has 0 saturated heterocycles. The van der Waals surface area contributed by atoms with Crippen molar-refractivity contribution in [2.75, 3.05) is 5.32 Å². The topological polar surface area (TPSA) is 85.6 Å². The van der Waals surface area contributed by atoms with Crippen LogP contribution in [0.25, 0.3) is 16.4 Å². The van der Waals surface area contributed by atoms with E-state index in [4.69, 9.17) is 0 Å². The fraction of sp³-hybridized carbons (Fsp3) is 0. The van der Waals surface area contributed by atoms with Crippen LogP contribution in [0.2, 0.25) is 0 Å². The summed E-state index contributed by atoms with van der Waals surface area (Å²) in [4.78, 5) is 24.8. The van der Waals surface area contributed by atoms with E-state index in [2.05, 4.69) is 25.4 Å². The summed E-state index contributed by atoms with van der Waals surface area (Å²) in [6, 6.07) is 5.49. The molecule has 4 rings (SSSR count). The Kier molecular flexibility index (Phi) is 3.85. The number of thiophene rings is 1. The molecule has 0 saturated carbocycles. The van der Waals surface area contributed by atoms with Gasteiger partial charge in [0.1, 0.15) is 23.4 Å². The molecule has 1 amide bonds. The van der Waals surface area contributed by atoms with Crippen LogP contribution in [0.15, 0.2) is 53.2 Å². The number of carbonyl (C=O) groups is 1. The van der Waals surface area contributed by atoms with Crippen LogP contribution in [-0.2, 0) is 0 Å². The van der Waals surface area contributed by atoms with Crippen LogP contribution >= 0.6 is 22.7 Å². The first-order valence-electron chi connectivity index (χ1n) is 6.90. The molecule has 0 aliphatic carbocycles. The zero-order valence-electron chi connectivity index (χ0n) is 12.2. The van der Waals surface area contributed by atoms with Gasteiger partial charge in [-0.25, -0.2) is 19.6 Å². The van der Waals surface area contributed by atoms with E-state index in [0.29, 0.717) is 17.2 Å². The number of thiazole rings is 1. The van der Waals surface area contributed by atoms with Crippen molar-refractivity contribution in [1.29, 1.82) is 0 Å². The second-order valence-corrected chi connectivity index (χ2v) is 6.39. The Morgan fingerprint density at radius 3 is 2.88 bits per heavy atom. The number of rotatable bonds is 4. The highest BCUT2D eigenvalue weighted by atomic mass is 32.1. The lowest BCUT2D eigenvalue weighted by Crippen LogP contribution is -2.12. The van der Waals surface area contributed by atoms with E-state index in [9.17, 15) is 4.79 Å². The van der Waals surface area contributed by atoms with E-state index in [-0.39, 0.29) is 5.91 Å². The van der Waals surface area contributed by atoms with Crippen LogP contribution in [0, 0.1) is 0 Å². The van der Waals surface area contributed by atoms with E-state index < -0.39 is 0 Å². The number of anilines is 1. The van der Waals surface area contributed by atoms with Crippen molar-refractivity contribution >= 4 is 34.3 Å². The van der Waals surface area contributed by atoms with Crippen LogP contribution in [0.3, 0.4) is 0 Å². The molecule has 24 heavy (non-hydrogen) atoms. The molecule has 0 bridgehead atoms. The molecule has 118 valence electrons. The molecular weight excluding hydrogens is 344 g/mol. The number of aromatic nitrogens is 5. The van der Waals surface area contributed by atoms with Crippen LogP contribution in [0.4, 0.5) is 5.69 Å². The molecule has 4 aromatic heterocycles. The molecule has 9 heteroatoms. The van der Waals surface area contributed by atoms with Gasteiger partial charge in [0.15, 0.2) is 5.82 Å². The molecule has 0 spiro atoms. The maximum Gasteiger partial charge on any atom is 0.275 e. The third kappa shape index (κ3) is 2.94. The number of pyridine rings is 1. The highest BCUT2D eigenvalue weighted by Crippen LogP contribution is 2.26. The van der Waals surface area contributed by atoms with Crippen molar-refractivity contribution in [3.8, 4) is 16.4 Å². The SMILES string of the molecule is O=C(Nc1ccc(-n2cncn2)nc1)c1csc(-c2ccsc2)n1. The van der Waals surface area contributed by atoms with Gasteiger partial charge >= 0.3 is 0 Å². The summed E-state index contributed by atoms with van der Waals surface area (Å²) in [7, 11) is 0. The predicted molar refractivity (Wildman–Crippen MR) is 92.5 cm³/mol. The van der Waals surface area contributed by atoms with Crippen LogP contribution in [0.5, 0.6) is 0 Å². The summed E-state index contributed by atoms with van der Waals surface area (Å²) in [6.45, 7) is 0. The number of hydrogen-bond donors (Lipinski definition) is 1. The third-order valence-corrected chi connectivity index (χ3v) is 4.74. The minimum atomic E-state index is -0.261. The van der Waals surface area contributed by atoms with Gasteiger partial charge in [-0.1, -0.05) is 0 Å². The summed E-state index contributed by atoms with van der Waals surface area (Å²) in [5, 5.41) is 13.4. The summed E-state index contributed by atoms with van der Waals surface area (Å²) < 4.78 is 1.54. The minimum Gasteiger partial charge on any atom is -0.319 e. The fourth-order valence-corrected chi connectivity index (χ4v) is 3.53. The maximum atomic E-state index is 12.3. The highest BCUT2D eigenvalue weighted by Gasteiger charge is 2.12. The summed E-state index contributed by atoms with van der Waals surface area (Å²) in [5.74, 6) is 0.363. The first kappa shape index (κ1) is 14.7. The molecular formula is C15H10N6OS2. The maximum absolute atomic E-state index is 12.3. The van der Waals surface area contributed by atoms with Gasteiger partial charge in [0, 0.05) is 16.3 Å². The zero-order chi connectivity index (χ0) is 16.4. The Labute approximate surface area is 144 Å². The van der Waals surface area contributed by atoms with Gasteiger partial charge in [0.25, 0.3) is 5.91 Å². The second-order valence-electron chi connectivity index (χ2n) is 4.75. The number of hydrogen-bond acceptors (Lipinski definition) is 7. The Morgan fingerprint density at radius 2 is 2.17 bits per heavy atom. The van der Waals surface area contributed by atoms with E-state index >= 15 is 0 Å². The van der Waals surface area contributed by atoms with E-state index in [0.717, 1.165) is 10.6 Å².